The molecule has 0 radical (unpaired) electrons. The number of likely N-dealkylation sites (N-methyl/N-ethyl adjacent to an activating group) is 1. The minimum atomic E-state index is -0.289. The van der Waals surface area contributed by atoms with Crippen molar-refractivity contribution >= 4 is 17.7 Å². The van der Waals surface area contributed by atoms with Crippen LogP contribution >= 0.6 is 11.8 Å². The van der Waals surface area contributed by atoms with Crippen LogP contribution in [-0.2, 0) is 16.0 Å². The monoisotopic (exact) mass is 568 g/mol. The van der Waals surface area contributed by atoms with E-state index in [1.165, 1.54) is 12.5 Å². The quantitative estimate of drug-likeness (QED) is 0.507. The van der Waals surface area contributed by atoms with Crippen LogP contribution in [0.1, 0.15) is 44.1 Å². The number of nitriles is 1. The van der Waals surface area contributed by atoms with Crippen LogP contribution in [0.25, 0.3) is 0 Å². The average molecular weight is 569 g/mol. The number of amides is 1. The Kier molecular flexibility index (Phi) is 8.23. The number of ether oxygens (including phenoxy) is 1. The van der Waals surface area contributed by atoms with Crippen LogP contribution < -0.4 is 10.6 Å². The largest absolute Gasteiger partial charge is 0.348 e. The Labute approximate surface area is 241 Å². The number of hydrogen-bond donors (Lipinski definition) is 2. The van der Waals surface area contributed by atoms with Gasteiger partial charge in [-0.05, 0) is 70.3 Å². The number of fused-ring (bicyclic) bond motifs is 2. The molecule has 4 fully saturated rings. The number of benzene rings is 1. The van der Waals surface area contributed by atoms with Gasteiger partial charge in [-0.25, -0.2) is 4.39 Å². The van der Waals surface area contributed by atoms with Gasteiger partial charge in [0.2, 0.25) is 5.91 Å². The highest BCUT2D eigenvalue weighted by atomic mass is 32.2. The molecule has 4 heterocycles. The number of thioether (sulfide) groups is 1. The third kappa shape index (κ3) is 5.44. The zero-order chi connectivity index (χ0) is 27.9. The molecule has 0 aromatic heterocycles. The molecule has 1 saturated carbocycles. The molecule has 0 bridgehead atoms. The van der Waals surface area contributed by atoms with Gasteiger partial charge in [-0.15, -0.1) is 11.8 Å². The molecular formula is C30H41FN6O2S. The number of nitrogens with zero attached hydrogens (tertiary/aromatic N) is 4. The van der Waals surface area contributed by atoms with E-state index in [9.17, 15) is 14.4 Å². The topological polar surface area (TPSA) is 83.9 Å². The van der Waals surface area contributed by atoms with Crippen molar-refractivity contribution < 1.29 is 13.9 Å². The van der Waals surface area contributed by atoms with Crippen LogP contribution in [0, 0.1) is 23.1 Å². The Balaban J connectivity index is 1.21. The van der Waals surface area contributed by atoms with Gasteiger partial charge in [0.05, 0.1) is 31.3 Å². The number of hydrogen-bond acceptors (Lipinski definition) is 8. The molecule has 3 saturated heterocycles. The number of carbonyl (C=O) groups is 1. The Morgan fingerprint density at radius 2 is 2.17 bits per heavy atom. The maximum atomic E-state index is 14.7. The Morgan fingerprint density at radius 3 is 2.92 bits per heavy atom. The van der Waals surface area contributed by atoms with E-state index in [1.807, 2.05) is 17.8 Å². The minimum absolute atomic E-state index is 0.00474. The highest BCUT2D eigenvalue weighted by Gasteiger charge is 2.51. The highest BCUT2D eigenvalue weighted by Crippen LogP contribution is 2.54. The highest BCUT2D eigenvalue weighted by molar-refractivity contribution is 8.01. The van der Waals surface area contributed by atoms with Crippen molar-refractivity contribution in [2.75, 3.05) is 39.8 Å². The van der Waals surface area contributed by atoms with Gasteiger partial charge in [0.15, 0.2) is 6.35 Å². The van der Waals surface area contributed by atoms with E-state index >= 15 is 0 Å². The number of halogens is 1. The number of nitrogens with one attached hydrogen (secondary N) is 2. The summed E-state index contributed by atoms with van der Waals surface area (Å²) in [5.74, 6) is 0.151. The molecular weight excluding hydrogens is 527 g/mol. The zero-order valence-electron chi connectivity index (χ0n) is 23.4. The van der Waals surface area contributed by atoms with Gasteiger partial charge in [-0.2, -0.15) is 5.26 Å². The first-order chi connectivity index (χ1) is 19.4. The van der Waals surface area contributed by atoms with Gasteiger partial charge in [0.25, 0.3) is 0 Å². The second-order valence-electron chi connectivity index (χ2n) is 12.2. The number of carbonyl (C=O) groups excluding carboxylic acids is 1. The van der Waals surface area contributed by atoms with Gasteiger partial charge < -0.3 is 14.5 Å². The predicted octanol–water partition coefficient (Wildman–Crippen LogP) is 2.91. The fraction of sp³-hybridized carbons (Fsp3) is 0.667. The maximum Gasteiger partial charge on any atom is 0.246 e. The molecule has 1 aromatic rings. The van der Waals surface area contributed by atoms with Crippen molar-refractivity contribution in [3.05, 3.63) is 42.2 Å². The molecule has 216 valence electrons. The fourth-order valence-corrected chi connectivity index (χ4v) is 9.31. The lowest BCUT2D eigenvalue weighted by Crippen LogP contribution is -2.72. The van der Waals surface area contributed by atoms with Crippen molar-refractivity contribution in [2.45, 2.75) is 85.2 Å². The lowest BCUT2D eigenvalue weighted by molar-refractivity contribution is -0.135. The van der Waals surface area contributed by atoms with Crippen LogP contribution in [0.15, 0.2) is 35.7 Å². The summed E-state index contributed by atoms with van der Waals surface area (Å²) in [5, 5.41) is 17.1. The van der Waals surface area contributed by atoms with Crippen LogP contribution in [0.2, 0.25) is 0 Å². The van der Waals surface area contributed by atoms with E-state index < -0.39 is 0 Å². The zero-order valence-corrected chi connectivity index (χ0v) is 24.2. The first-order valence-corrected chi connectivity index (χ1v) is 15.6. The average Bonchev–Trinajstić information content (AvgIpc) is 3.54. The van der Waals surface area contributed by atoms with E-state index in [0.29, 0.717) is 38.1 Å². The van der Waals surface area contributed by atoms with E-state index in [4.69, 9.17) is 4.74 Å². The lowest BCUT2D eigenvalue weighted by Gasteiger charge is -2.55. The van der Waals surface area contributed by atoms with Crippen LogP contribution in [0.3, 0.4) is 0 Å². The van der Waals surface area contributed by atoms with Crippen LogP contribution in [0.4, 0.5) is 4.39 Å². The van der Waals surface area contributed by atoms with Crippen molar-refractivity contribution in [1.82, 2.24) is 25.3 Å². The molecule has 6 rings (SSSR count). The molecule has 8 nitrogen and oxygen atoms in total. The third-order valence-electron chi connectivity index (χ3n) is 9.86. The Hall–Kier alpha value is -2.00. The molecule has 2 N–H and O–H groups in total. The molecule has 1 amide bonds. The molecule has 40 heavy (non-hydrogen) atoms. The summed E-state index contributed by atoms with van der Waals surface area (Å²) in [5.41, 5.74) is 0.871. The summed E-state index contributed by atoms with van der Waals surface area (Å²) in [6.07, 6.45) is 7.56. The first-order valence-electron chi connectivity index (χ1n) is 14.7. The molecule has 6 unspecified atom stereocenters. The minimum Gasteiger partial charge on any atom is -0.348 e. The van der Waals surface area contributed by atoms with Gasteiger partial charge in [0.1, 0.15) is 5.82 Å². The van der Waals surface area contributed by atoms with E-state index in [1.54, 1.807) is 11.0 Å². The third-order valence-corrected chi connectivity index (χ3v) is 11.4. The van der Waals surface area contributed by atoms with Crippen LogP contribution in [-0.4, -0.2) is 95.8 Å². The Bertz CT molecular complexity index is 1160. The summed E-state index contributed by atoms with van der Waals surface area (Å²) < 4.78 is 21.2. The summed E-state index contributed by atoms with van der Waals surface area (Å²) in [6.45, 7) is 7.39. The fourth-order valence-electron chi connectivity index (χ4n) is 7.71. The second kappa shape index (κ2) is 11.7. The molecule has 7 atom stereocenters. The SMILES string of the molecule is C=CC(=O)N1CCN(C2NC(OCC3CCCN3C)NC3C[C@]4(CCC32)Cc2c(F)cccc2S4)CC1CC#N. The van der Waals surface area contributed by atoms with Crippen molar-refractivity contribution in [3.8, 4) is 6.07 Å². The van der Waals surface area contributed by atoms with Crippen molar-refractivity contribution in [2.24, 2.45) is 5.92 Å². The summed E-state index contributed by atoms with van der Waals surface area (Å²) in [4.78, 5) is 20.2. The number of rotatable bonds is 6. The molecule has 10 heteroatoms. The van der Waals surface area contributed by atoms with E-state index in [-0.39, 0.29) is 41.1 Å². The maximum absolute atomic E-state index is 14.7. The van der Waals surface area contributed by atoms with Crippen molar-refractivity contribution in [3.63, 3.8) is 0 Å². The smallest absolute Gasteiger partial charge is 0.246 e. The van der Waals surface area contributed by atoms with Crippen molar-refractivity contribution in [1.29, 1.82) is 5.26 Å². The number of piperazine rings is 1. The normalized spacial score (nSPS) is 36.3. The van der Waals surface area contributed by atoms with E-state index in [2.05, 4.69) is 46.2 Å². The van der Waals surface area contributed by atoms with Gasteiger partial charge in [-0.1, -0.05) is 12.6 Å². The van der Waals surface area contributed by atoms with Crippen LogP contribution in [0.5, 0.6) is 0 Å². The second-order valence-corrected chi connectivity index (χ2v) is 13.7. The molecule has 1 aromatic carbocycles. The predicted molar refractivity (Wildman–Crippen MR) is 153 cm³/mol. The standard InChI is InChI=1S/C30H41FN6O2S/c1-3-27(38)37-15-14-36(18-20(37)10-12-32)28-22-9-11-30(16-23-24(31)7-4-8-26(23)40-30)17-25(22)33-29(34-28)39-19-21-6-5-13-35(21)2/h3-4,7-8,20-22,25,28-29,33-34H,1,5-6,9-11,13-19H2,2H3/t20?,21?,22?,25?,28?,29?,30-/m0/s1. The number of likely N-dealkylation sites (tertiary alicyclic amines) is 1. The lowest BCUT2D eigenvalue weighted by atomic mass is 9.73. The first kappa shape index (κ1) is 28.1. The summed E-state index contributed by atoms with van der Waals surface area (Å²) in [6, 6.07) is 8.24. The molecule has 1 aliphatic carbocycles. The van der Waals surface area contributed by atoms with Gasteiger partial charge >= 0.3 is 0 Å². The summed E-state index contributed by atoms with van der Waals surface area (Å²) in [7, 11) is 2.17. The molecule has 5 aliphatic rings. The van der Waals surface area contributed by atoms with Gasteiger partial charge in [-0.3, -0.25) is 20.3 Å². The van der Waals surface area contributed by atoms with Gasteiger partial charge in [0, 0.05) is 52.8 Å². The Morgan fingerprint density at radius 1 is 1.30 bits per heavy atom. The molecule has 4 aliphatic heterocycles. The summed E-state index contributed by atoms with van der Waals surface area (Å²) >= 11 is 1.86. The van der Waals surface area contributed by atoms with E-state index in [0.717, 1.165) is 55.7 Å². The molecule has 1 spiro atoms.